The number of allylic oxidation sites excluding steroid dienone is 2. The van der Waals surface area contributed by atoms with Crippen LogP contribution in [-0.4, -0.2) is 30.2 Å². The summed E-state index contributed by atoms with van der Waals surface area (Å²) in [4.78, 5) is 53.8. The van der Waals surface area contributed by atoms with Crippen LogP contribution in [0.3, 0.4) is 0 Å². The first kappa shape index (κ1) is 21.1. The highest BCUT2D eigenvalue weighted by molar-refractivity contribution is 6.22. The summed E-state index contributed by atoms with van der Waals surface area (Å²) in [5.41, 5.74) is 2.24. The van der Waals surface area contributed by atoms with Crippen molar-refractivity contribution in [3.05, 3.63) is 66.2 Å². The highest BCUT2D eigenvalue weighted by Gasteiger charge is 2.48. The summed E-state index contributed by atoms with van der Waals surface area (Å²) in [5, 5.41) is 0. The SMILES string of the molecule is Cc1ccc(N2C[C@@H](C(=O)Oc3cccc(N4C(=O)[C@H]5CC=CC[C@H]5C4=O)c3)CC2=O)cc1. The van der Waals surface area contributed by atoms with Crippen LogP contribution < -0.4 is 14.5 Å². The number of rotatable bonds is 4. The maximum absolute atomic E-state index is 12.8. The van der Waals surface area contributed by atoms with E-state index in [-0.39, 0.29) is 48.3 Å². The van der Waals surface area contributed by atoms with E-state index in [1.54, 1.807) is 23.1 Å². The molecule has 2 aromatic carbocycles. The van der Waals surface area contributed by atoms with Crippen LogP contribution in [0, 0.1) is 24.7 Å². The van der Waals surface area contributed by atoms with Crippen molar-refractivity contribution in [2.75, 3.05) is 16.3 Å². The number of nitrogens with zero attached hydrogens (tertiary/aromatic N) is 2. The van der Waals surface area contributed by atoms with E-state index in [2.05, 4.69) is 0 Å². The maximum atomic E-state index is 12.8. The zero-order chi connectivity index (χ0) is 23.1. The molecule has 7 heteroatoms. The zero-order valence-electron chi connectivity index (χ0n) is 18.3. The van der Waals surface area contributed by atoms with E-state index in [1.165, 1.54) is 11.0 Å². The monoisotopic (exact) mass is 444 g/mol. The first-order valence-corrected chi connectivity index (χ1v) is 11.1. The Bertz CT molecular complexity index is 1140. The van der Waals surface area contributed by atoms with Crippen molar-refractivity contribution in [1.29, 1.82) is 0 Å². The standard InChI is InChI=1S/C26H24N2O5/c1-16-9-11-18(12-10-16)27-15-17(13-23(27)29)26(32)33-20-6-4-5-19(14-20)28-24(30)21-7-2-3-8-22(21)25(28)31/h2-6,9-12,14,17,21-22H,7-8,13,15H2,1H3/t17-,21-,22+/m0/s1. The summed E-state index contributed by atoms with van der Waals surface area (Å²) < 4.78 is 5.56. The van der Waals surface area contributed by atoms with E-state index in [0.29, 0.717) is 18.5 Å². The second-order valence-electron chi connectivity index (χ2n) is 8.83. The molecule has 2 fully saturated rings. The van der Waals surface area contributed by atoms with Gasteiger partial charge in [-0.3, -0.25) is 19.2 Å². The second kappa shape index (κ2) is 8.31. The Morgan fingerprint density at radius 3 is 2.24 bits per heavy atom. The maximum Gasteiger partial charge on any atom is 0.316 e. The van der Waals surface area contributed by atoms with Crippen LogP contribution >= 0.6 is 0 Å². The number of hydrogen-bond acceptors (Lipinski definition) is 5. The number of ether oxygens (including phenoxy) is 1. The van der Waals surface area contributed by atoms with Gasteiger partial charge in [0.2, 0.25) is 17.7 Å². The molecule has 0 radical (unpaired) electrons. The molecule has 0 N–H and O–H groups in total. The van der Waals surface area contributed by atoms with Gasteiger partial charge >= 0.3 is 5.97 Å². The number of imide groups is 1. The fourth-order valence-corrected chi connectivity index (χ4v) is 4.78. The van der Waals surface area contributed by atoms with Crippen molar-refractivity contribution in [3.8, 4) is 5.75 Å². The van der Waals surface area contributed by atoms with Gasteiger partial charge in [-0.05, 0) is 44.0 Å². The molecule has 0 saturated carbocycles. The fourth-order valence-electron chi connectivity index (χ4n) is 4.78. The van der Waals surface area contributed by atoms with Gasteiger partial charge in [0.15, 0.2) is 0 Å². The van der Waals surface area contributed by atoms with Crippen LogP contribution in [0.2, 0.25) is 0 Å². The van der Waals surface area contributed by atoms with Crippen molar-refractivity contribution in [2.45, 2.75) is 26.2 Å². The molecule has 7 nitrogen and oxygen atoms in total. The molecular weight excluding hydrogens is 420 g/mol. The van der Waals surface area contributed by atoms with Crippen LogP contribution in [0.5, 0.6) is 5.75 Å². The summed E-state index contributed by atoms with van der Waals surface area (Å²) in [5.74, 6) is -2.07. The highest BCUT2D eigenvalue weighted by Crippen LogP contribution is 2.38. The van der Waals surface area contributed by atoms with E-state index in [9.17, 15) is 19.2 Å². The fraction of sp³-hybridized carbons (Fsp3) is 0.308. The van der Waals surface area contributed by atoms with E-state index < -0.39 is 11.9 Å². The smallest absolute Gasteiger partial charge is 0.316 e. The Kier molecular flexibility index (Phi) is 5.32. The van der Waals surface area contributed by atoms with Gasteiger partial charge in [-0.25, -0.2) is 4.90 Å². The lowest BCUT2D eigenvalue weighted by Gasteiger charge is -2.17. The van der Waals surface area contributed by atoms with Gasteiger partial charge in [0.05, 0.1) is 23.4 Å². The number of fused-ring (bicyclic) bond motifs is 1. The molecule has 3 atom stereocenters. The van der Waals surface area contributed by atoms with Gasteiger partial charge in [0.1, 0.15) is 5.75 Å². The topological polar surface area (TPSA) is 84.0 Å². The first-order valence-electron chi connectivity index (χ1n) is 11.1. The number of hydrogen-bond donors (Lipinski definition) is 0. The Hall–Kier alpha value is -3.74. The quantitative estimate of drug-likeness (QED) is 0.312. The minimum atomic E-state index is -0.591. The van der Waals surface area contributed by atoms with Gasteiger partial charge in [-0.2, -0.15) is 0 Å². The molecule has 0 unspecified atom stereocenters. The average Bonchev–Trinajstić information content (AvgIpc) is 3.32. The number of carbonyl (C=O) groups is 4. The van der Waals surface area contributed by atoms with Crippen LogP contribution in [0.4, 0.5) is 11.4 Å². The van der Waals surface area contributed by atoms with Crippen LogP contribution in [-0.2, 0) is 19.2 Å². The van der Waals surface area contributed by atoms with Gasteiger partial charge in [-0.15, -0.1) is 0 Å². The Morgan fingerprint density at radius 2 is 1.58 bits per heavy atom. The van der Waals surface area contributed by atoms with Crippen molar-refractivity contribution in [3.63, 3.8) is 0 Å². The number of esters is 1. The Labute approximate surface area is 191 Å². The van der Waals surface area contributed by atoms with Gasteiger partial charge in [0, 0.05) is 24.7 Å². The van der Waals surface area contributed by atoms with Gasteiger partial charge < -0.3 is 9.64 Å². The van der Waals surface area contributed by atoms with Gasteiger partial charge in [-0.1, -0.05) is 35.9 Å². The minimum absolute atomic E-state index is 0.0753. The molecule has 2 aliphatic heterocycles. The number of amides is 3. The molecule has 1 aliphatic carbocycles. The number of anilines is 2. The summed E-state index contributed by atoms with van der Waals surface area (Å²) >= 11 is 0. The molecule has 168 valence electrons. The zero-order valence-corrected chi connectivity index (χ0v) is 18.3. The largest absolute Gasteiger partial charge is 0.426 e. The lowest BCUT2D eigenvalue weighted by molar-refractivity contribution is -0.139. The third-order valence-electron chi connectivity index (χ3n) is 6.61. The molecule has 0 aromatic heterocycles. The van der Waals surface area contributed by atoms with E-state index in [4.69, 9.17) is 4.74 Å². The molecular formula is C26H24N2O5. The molecule has 2 saturated heterocycles. The molecule has 3 amide bonds. The summed E-state index contributed by atoms with van der Waals surface area (Å²) in [6.07, 6.45) is 5.08. The third kappa shape index (κ3) is 3.84. The molecule has 33 heavy (non-hydrogen) atoms. The van der Waals surface area contributed by atoms with E-state index >= 15 is 0 Å². The number of carbonyl (C=O) groups excluding carboxylic acids is 4. The molecule has 2 heterocycles. The molecule has 0 spiro atoms. The Morgan fingerprint density at radius 1 is 0.909 bits per heavy atom. The van der Waals surface area contributed by atoms with Crippen LogP contribution in [0.25, 0.3) is 0 Å². The average molecular weight is 444 g/mol. The second-order valence-corrected chi connectivity index (χ2v) is 8.83. The molecule has 5 rings (SSSR count). The normalized spacial score (nSPS) is 24.4. The minimum Gasteiger partial charge on any atom is -0.426 e. The van der Waals surface area contributed by atoms with Crippen molar-refractivity contribution < 1.29 is 23.9 Å². The van der Waals surface area contributed by atoms with Crippen molar-refractivity contribution in [1.82, 2.24) is 0 Å². The van der Waals surface area contributed by atoms with Crippen molar-refractivity contribution >= 4 is 35.1 Å². The summed E-state index contributed by atoms with van der Waals surface area (Å²) in [6.45, 7) is 2.22. The van der Waals surface area contributed by atoms with Gasteiger partial charge in [0.25, 0.3) is 0 Å². The third-order valence-corrected chi connectivity index (χ3v) is 6.61. The van der Waals surface area contributed by atoms with E-state index in [1.807, 2.05) is 43.3 Å². The summed E-state index contributed by atoms with van der Waals surface area (Å²) in [7, 11) is 0. The first-order chi connectivity index (χ1) is 15.9. The molecule has 2 aromatic rings. The van der Waals surface area contributed by atoms with E-state index in [0.717, 1.165) is 11.3 Å². The van der Waals surface area contributed by atoms with Crippen molar-refractivity contribution in [2.24, 2.45) is 17.8 Å². The number of aryl methyl sites for hydroxylation is 1. The predicted molar refractivity (Wildman–Crippen MR) is 122 cm³/mol. The lowest BCUT2D eigenvalue weighted by Crippen LogP contribution is -2.31. The van der Waals surface area contributed by atoms with Crippen LogP contribution in [0.1, 0.15) is 24.8 Å². The molecule has 0 bridgehead atoms. The lowest BCUT2D eigenvalue weighted by atomic mass is 9.85. The number of benzene rings is 2. The highest BCUT2D eigenvalue weighted by atomic mass is 16.5. The molecule has 3 aliphatic rings. The predicted octanol–water partition coefficient (Wildman–Crippen LogP) is 3.41. The van der Waals surface area contributed by atoms with Crippen LogP contribution in [0.15, 0.2) is 60.7 Å². The Balaban J connectivity index is 1.29. The summed E-state index contributed by atoms with van der Waals surface area (Å²) in [6, 6.07) is 14.0.